The van der Waals surface area contributed by atoms with Gasteiger partial charge >= 0.3 is 0 Å². The Bertz CT molecular complexity index is 381. The number of unbranched alkanes of at least 4 members (excludes halogenated alkanes) is 3. The molecule has 18 heavy (non-hydrogen) atoms. The summed E-state index contributed by atoms with van der Waals surface area (Å²) in [7, 11) is 0. The van der Waals surface area contributed by atoms with E-state index in [4.69, 9.17) is 4.74 Å². The Morgan fingerprint density at radius 3 is 3.06 bits per heavy atom. The van der Waals surface area contributed by atoms with Crippen molar-refractivity contribution in [3.63, 3.8) is 0 Å². The Morgan fingerprint density at radius 2 is 2.22 bits per heavy atom. The van der Waals surface area contributed by atoms with Crippen molar-refractivity contribution in [1.29, 1.82) is 0 Å². The molecule has 2 nitrogen and oxygen atoms in total. The molecule has 0 bridgehead atoms. The number of fused-ring (bicyclic) bond motifs is 1. The van der Waals surface area contributed by atoms with Gasteiger partial charge in [-0.25, -0.2) is 0 Å². The van der Waals surface area contributed by atoms with E-state index in [1.165, 1.54) is 31.2 Å². The molecular weight excluding hydrogens is 290 g/mol. The fraction of sp³-hybridized carbons (Fsp3) is 0.600. The third-order valence-corrected chi connectivity index (χ3v) is 3.93. The molecule has 1 aliphatic heterocycles. The summed E-state index contributed by atoms with van der Waals surface area (Å²) in [5.41, 5.74) is 1.30. The van der Waals surface area contributed by atoms with Crippen molar-refractivity contribution in [3.05, 3.63) is 28.2 Å². The number of nitrogens with one attached hydrogen (secondary N) is 1. The Morgan fingerprint density at radius 1 is 1.33 bits per heavy atom. The molecular formula is C15H22BrNO. The van der Waals surface area contributed by atoms with Crippen LogP contribution in [-0.2, 0) is 0 Å². The molecule has 3 heteroatoms. The van der Waals surface area contributed by atoms with Crippen LogP contribution in [-0.4, -0.2) is 13.2 Å². The first kappa shape index (κ1) is 13.9. The van der Waals surface area contributed by atoms with Gasteiger partial charge in [-0.05, 0) is 31.2 Å². The standard InChI is InChI=1S/C15H22BrNO/c1-2-3-4-5-9-17-14-8-10-18-15-7-6-12(16)11-13(14)15/h6-7,11,14,17H,2-5,8-10H2,1H3. The third kappa shape index (κ3) is 3.72. The van der Waals surface area contributed by atoms with E-state index in [2.05, 4.69) is 40.3 Å². The lowest BCUT2D eigenvalue weighted by Gasteiger charge is -2.27. The predicted molar refractivity (Wildman–Crippen MR) is 79.1 cm³/mol. The maximum Gasteiger partial charge on any atom is 0.124 e. The maximum atomic E-state index is 5.69. The fourth-order valence-corrected chi connectivity index (χ4v) is 2.78. The van der Waals surface area contributed by atoms with Crippen LogP contribution in [0, 0.1) is 0 Å². The van der Waals surface area contributed by atoms with Gasteiger partial charge in [-0.2, -0.15) is 0 Å². The zero-order valence-electron chi connectivity index (χ0n) is 11.0. The third-order valence-electron chi connectivity index (χ3n) is 3.43. The molecule has 0 radical (unpaired) electrons. The topological polar surface area (TPSA) is 21.3 Å². The van der Waals surface area contributed by atoms with E-state index >= 15 is 0 Å². The highest BCUT2D eigenvalue weighted by Gasteiger charge is 2.20. The Balaban J connectivity index is 1.89. The first-order chi connectivity index (χ1) is 8.81. The van der Waals surface area contributed by atoms with Crippen molar-refractivity contribution in [1.82, 2.24) is 5.32 Å². The Kier molecular flexibility index (Phi) is 5.51. The molecule has 1 aliphatic rings. The van der Waals surface area contributed by atoms with E-state index in [0.29, 0.717) is 6.04 Å². The molecule has 0 saturated heterocycles. The molecule has 1 atom stereocenters. The van der Waals surface area contributed by atoms with Crippen LogP contribution in [0.1, 0.15) is 50.6 Å². The van der Waals surface area contributed by atoms with Crippen molar-refractivity contribution in [2.24, 2.45) is 0 Å². The van der Waals surface area contributed by atoms with Crippen LogP contribution in [0.2, 0.25) is 0 Å². The largest absolute Gasteiger partial charge is 0.493 e. The first-order valence-electron chi connectivity index (χ1n) is 6.97. The summed E-state index contributed by atoms with van der Waals surface area (Å²) >= 11 is 3.54. The second-order valence-corrected chi connectivity index (χ2v) is 5.80. The van der Waals surface area contributed by atoms with Crippen LogP contribution in [0.15, 0.2) is 22.7 Å². The zero-order valence-corrected chi connectivity index (χ0v) is 12.6. The highest BCUT2D eigenvalue weighted by molar-refractivity contribution is 9.10. The average molecular weight is 312 g/mol. The number of benzene rings is 1. The molecule has 1 N–H and O–H groups in total. The van der Waals surface area contributed by atoms with E-state index in [0.717, 1.165) is 29.8 Å². The summed E-state index contributed by atoms with van der Waals surface area (Å²) in [5, 5.41) is 3.66. The first-order valence-corrected chi connectivity index (χ1v) is 7.76. The van der Waals surface area contributed by atoms with Crippen LogP contribution < -0.4 is 10.1 Å². The molecule has 0 aromatic heterocycles. The van der Waals surface area contributed by atoms with Gasteiger partial charge in [0.2, 0.25) is 0 Å². The van der Waals surface area contributed by atoms with E-state index < -0.39 is 0 Å². The number of ether oxygens (including phenoxy) is 1. The lowest BCUT2D eigenvalue weighted by molar-refractivity contribution is 0.252. The summed E-state index contributed by atoms with van der Waals surface area (Å²) in [5.74, 6) is 1.04. The maximum absolute atomic E-state index is 5.69. The summed E-state index contributed by atoms with van der Waals surface area (Å²) in [6.45, 7) is 4.18. The van der Waals surface area contributed by atoms with Crippen molar-refractivity contribution in [3.8, 4) is 5.75 Å². The second-order valence-electron chi connectivity index (χ2n) is 4.89. The molecule has 0 saturated carbocycles. The van der Waals surface area contributed by atoms with Crippen LogP contribution in [0.5, 0.6) is 5.75 Å². The molecule has 0 spiro atoms. The number of rotatable bonds is 6. The molecule has 1 aromatic carbocycles. The van der Waals surface area contributed by atoms with Crippen LogP contribution in [0.3, 0.4) is 0 Å². The van der Waals surface area contributed by atoms with Crippen LogP contribution in [0.25, 0.3) is 0 Å². The van der Waals surface area contributed by atoms with E-state index in [1.54, 1.807) is 0 Å². The van der Waals surface area contributed by atoms with Gasteiger partial charge in [0.25, 0.3) is 0 Å². The summed E-state index contributed by atoms with van der Waals surface area (Å²) in [4.78, 5) is 0. The second kappa shape index (κ2) is 7.15. The van der Waals surface area contributed by atoms with Gasteiger partial charge < -0.3 is 10.1 Å². The molecule has 1 heterocycles. The SMILES string of the molecule is CCCCCCNC1CCOc2ccc(Br)cc21. The number of halogens is 1. The average Bonchev–Trinajstić information content (AvgIpc) is 2.39. The van der Waals surface area contributed by atoms with Gasteiger partial charge in [0.15, 0.2) is 0 Å². The highest BCUT2D eigenvalue weighted by atomic mass is 79.9. The fourth-order valence-electron chi connectivity index (χ4n) is 2.41. The number of hydrogen-bond acceptors (Lipinski definition) is 2. The summed E-state index contributed by atoms with van der Waals surface area (Å²) in [6, 6.07) is 6.73. The Labute approximate surface area is 118 Å². The summed E-state index contributed by atoms with van der Waals surface area (Å²) in [6.07, 6.45) is 6.31. The minimum absolute atomic E-state index is 0.452. The van der Waals surface area contributed by atoms with Crippen molar-refractivity contribution in [2.75, 3.05) is 13.2 Å². The van der Waals surface area contributed by atoms with E-state index in [9.17, 15) is 0 Å². The van der Waals surface area contributed by atoms with Crippen molar-refractivity contribution < 1.29 is 4.74 Å². The molecule has 0 fully saturated rings. The minimum atomic E-state index is 0.452. The van der Waals surface area contributed by atoms with E-state index in [1.807, 2.05) is 6.07 Å². The predicted octanol–water partition coefficient (Wildman–Crippen LogP) is 4.44. The van der Waals surface area contributed by atoms with Crippen LogP contribution >= 0.6 is 15.9 Å². The quantitative estimate of drug-likeness (QED) is 0.784. The molecule has 1 unspecified atom stereocenters. The lowest BCUT2D eigenvalue weighted by Crippen LogP contribution is -2.27. The van der Waals surface area contributed by atoms with Crippen molar-refractivity contribution >= 4 is 15.9 Å². The monoisotopic (exact) mass is 311 g/mol. The summed E-state index contributed by atoms with van der Waals surface area (Å²) < 4.78 is 6.82. The minimum Gasteiger partial charge on any atom is -0.493 e. The lowest BCUT2D eigenvalue weighted by atomic mass is 10.0. The molecule has 0 amide bonds. The van der Waals surface area contributed by atoms with Gasteiger partial charge in [-0.1, -0.05) is 42.1 Å². The van der Waals surface area contributed by atoms with Gasteiger partial charge in [-0.15, -0.1) is 0 Å². The highest BCUT2D eigenvalue weighted by Crippen LogP contribution is 2.33. The van der Waals surface area contributed by atoms with Gasteiger partial charge in [-0.3, -0.25) is 0 Å². The molecule has 0 aliphatic carbocycles. The van der Waals surface area contributed by atoms with E-state index in [-0.39, 0.29) is 0 Å². The normalized spacial score (nSPS) is 18.2. The van der Waals surface area contributed by atoms with Crippen molar-refractivity contribution in [2.45, 2.75) is 45.1 Å². The van der Waals surface area contributed by atoms with Gasteiger partial charge in [0.1, 0.15) is 5.75 Å². The van der Waals surface area contributed by atoms with Gasteiger partial charge in [0, 0.05) is 22.5 Å². The molecule has 2 rings (SSSR count). The molecule has 1 aromatic rings. The van der Waals surface area contributed by atoms with Crippen LogP contribution in [0.4, 0.5) is 0 Å². The number of hydrogen-bond donors (Lipinski definition) is 1. The molecule has 100 valence electrons. The smallest absolute Gasteiger partial charge is 0.124 e. The zero-order chi connectivity index (χ0) is 12.8. The Hall–Kier alpha value is -0.540. The van der Waals surface area contributed by atoms with Gasteiger partial charge in [0.05, 0.1) is 6.61 Å².